The number of hydrogen-bond donors (Lipinski definition) is 2. The van der Waals surface area contributed by atoms with Gasteiger partial charge in [0.15, 0.2) is 0 Å². The molecule has 2 heterocycles. The SMILES string of the molecule is CCCn1nc(C)c2c1NC(=O)[C@@H](NC(=O)c1cccc(C)c1)[C@@H]2c1ccc(F)cc1. The van der Waals surface area contributed by atoms with Crippen LogP contribution in [0, 0.1) is 19.7 Å². The molecule has 0 saturated carbocycles. The van der Waals surface area contributed by atoms with Crippen molar-refractivity contribution >= 4 is 17.6 Å². The van der Waals surface area contributed by atoms with Gasteiger partial charge in [0.25, 0.3) is 5.91 Å². The fourth-order valence-corrected chi connectivity index (χ4v) is 4.17. The molecule has 7 heteroatoms. The first-order valence-electron chi connectivity index (χ1n) is 10.4. The van der Waals surface area contributed by atoms with Crippen LogP contribution in [-0.4, -0.2) is 27.6 Å². The van der Waals surface area contributed by atoms with Gasteiger partial charge in [0.1, 0.15) is 17.7 Å². The van der Waals surface area contributed by atoms with Crippen LogP contribution in [0.5, 0.6) is 0 Å². The Balaban J connectivity index is 1.79. The van der Waals surface area contributed by atoms with Gasteiger partial charge in [0, 0.05) is 23.6 Å². The number of benzene rings is 2. The molecule has 0 bridgehead atoms. The predicted molar refractivity (Wildman–Crippen MR) is 117 cm³/mol. The van der Waals surface area contributed by atoms with Crippen LogP contribution in [0.1, 0.15) is 52.0 Å². The Labute approximate surface area is 180 Å². The van der Waals surface area contributed by atoms with E-state index in [9.17, 15) is 14.0 Å². The van der Waals surface area contributed by atoms with E-state index in [4.69, 9.17) is 0 Å². The van der Waals surface area contributed by atoms with Crippen LogP contribution in [0.3, 0.4) is 0 Å². The van der Waals surface area contributed by atoms with Crippen LogP contribution in [0.2, 0.25) is 0 Å². The lowest BCUT2D eigenvalue weighted by Gasteiger charge is -2.33. The molecule has 0 radical (unpaired) electrons. The summed E-state index contributed by atoms with van der Waals surface area (Å²) in [6.07, 6.45) is 0.859. The highest BCUT2D eigenvalue weighted by molar-refractivity contribution is 6.04. The summed E-state index contributed by atoms with van der Waals surface area (Å²) in [5.41, 5.74) is 3.79. The van der Waals surface area contributed by atoms with Gasteiger partial charge in [-0.2, -0.15) is 5.10 Å². The third-order valence-corrected chi connectivity index (χ3v) is 5.57. The predicted octanol–water partition coefficient (Wildman–Crippen LogP) is 3.93. The Kier molecular flexibility index (Phi) is 5.59. The van der Waals surface area contributed by atoms with Crippen LogP contribution in [0.4, 0.5) is 10.2 Å². The third-order valence-electron chi connectivity index (χ3n) is 5.57. The number of fused-ring (bicyclic) bond motifs is 1. The molecule has 2 atom stereocenters. The Hall–Kier alpha value is -3.48. The molecule has 2 N–H and O–H groups in total. The molecule has 160 valence electrons. The topological polar surface area (TPSA) is 76.0 Å². The highest BCUT2D eigenvalue weighted by Gasteiger charge is 2.41. The Morgan fingerprint density at radius 3 is 2.61 bits per heavy atom. The quantitative estimate of drug-likeness (QED) is 0.657. The number of rotatable bonds is 5. The normalized spacial score (nSPS) is 17.7. The van der Waals surface area contributed by atoms with Crippen molar-refractivity contribution in [2.45, 2.75) is 45.7 Å². The maximum Gasteiger partial charge on any atom is 0.251 e. The van der Waals surface area contributed by atoms with E-state index >= 15 is 0 Å². The van der Waals surface area contributed by atoms with E-state index in [0.29, 0.717) is 17.9 Å². The summed E-state index contributed by atoms with van der Waals surface area (Å²) in [5.74, 6) is -0.857. The second kappa shape index (κ2) is 8.34. The van der Waals surface area contributed by atoms with Gasteiger partial charge in [-0.05, 0) is 50.1 Å². The molecule has 0 unspecified atom stereocenters. The van der Waals surface area contributed by atoms with Crippen LogP contribution in [-0.2, 0) is 11.3 Å². The third kappa shape index (κ3) is 3.95. The maximum atomic E-state index is 13.6. The summed E-state index contributed by atoms with van der Waals surface area (Å²) in [5, 5.41) is 10.4. The van der Waals surface area contributed by atoms with Crippen molar-refractivity contribution in [2.24, 2.45) is 0 Å². The van der Waals surface area contributed by atoms with E-state index in [0.717, 1.165) is 28.8 Å². The van der Waals surface area contributed by atoms with Gasteiger partial charge in [0.2, 0.25) is 5.91 Å². The molecule has 1 aliphatic rings. The second-order valence-corrected chi connectivity index (χ2v) is 7.91. The van der Waals surface area contributed by atoms with Gasteiger partial charge in [-0.3, -0.25) is 9.59 Å². The van der Waals surface area contributed by atoms with E-state index in [1.54, 1.807) is 35.0 Å². The van der Waals surface area contributed by atoms with Crippen molar-refractivity contribution in [3.8, 4) is 0 Å². The summed E-state index contributed by atoms with van der Waals surface area (Å²) in [4.78, 5) is 26.1. The molecule has 0 fully saturated rings. The van der Waals surface area contributed by atoms with E-state index < -0.39 is 12.0 Å². The monoisotopic (exact) mass is 420 g/mol. The number of nitrogens with one attached hydrogen (secondary N) is 2. The number of hydrogen-bond acceptors (Lipinski definition) is 3. The van der Waals surface area contributed by atoms with E-state index in [2.05, 4.69) is 15.7 Å². The fourth-order valence-electron chi connectivity index (χ4n) is 4.17. The van der Waals surface area contributed by atoms with Crippen molar-refractivity contribution in [2.75, 3.05) is 5.32 Å². The molecule has 1 aromatic heterocycles. The van der Waals surface area contributed by atoms with E-state index in [1.165, 1.54) is 12.1 Å². The number of halogens is 1. The van der Waals surface area contributed by atoms with Gasteiger partial charge in [-0.1, -0.05) is 36.8 Å². The van der Waals surface area contributed by atoms with Crippen molar-refractivity contribution in [1.29, 1.82) is 0 Å². The molecule has 4 rings (SSSR count). The molecular formula is C24H25FN4O2. The summed E-state index contributed by atoms with van der Waals surface area (Å²) < 4.78 is 15.4. The Morgan fingerprint density at radius 1 is 1.19 bits per heavy atom. The Bertz CT molecular complexity index is 1140. The first-order valence-corrected chi connectivity index (χ1v) is 10.4. The largest absolute Gasteiger partial charge is 0.339 e. The molecule has 0 saturated heterocycles. The number of aryl methyl sites for hydroxylation is 3. The molecular weight excluding hydrogens is 395 g/mol. The average molecular weight is 420 g/mol. The lowest BCUT2D eigenvalue weighted by molar-refractivity contribution is -0.118. The van der Waals surface area contributed by atoms with Crippen molar-refractivity contribution in [3.63, 3.8) is 0 Å². The van der Waals surface area contributed by atoms with E-state index in [1.807, 2.05) is 26.8 Å². The molecule has 2 aromatic carbocycles. The lowest BCUT2D eigenvalue weighted by atomic mass is 9.82. The second-order valence-electron chi connectivity index (χ2n) is 7.91. The summed E-state index contributed by atoms with van der Waals surface area (Å²) in [6.45, 7) is 6.49. The summed E-state index contributed by atoms with van der Waals surface area (Å²) in [6, 6.07) is 12.4. The minimum Gasteiger partial charge on any atom is -0.339 e. The molecule has 0 aliphatic carbocycles. The molecule has 0 spiro atoms. The lowest BCUT2D eigenvalue weighted by Crippen LogP contribution is -2.50. The number of anilines is 1. The minimum absolute atomic E-state index is 0.319. The van der Waals surface area contributed by atoms with Gasteiger partial charge in [-0.25, -0.2) is 9.07 Å². The smallest absolute Gasteiger partial charge is 0.251 e. The summed E-state index contributed by atoms with van der Waals surface area (Å²) >= 11 is 0. The molecule has 3 aromatic rings. The summed E-state index contributed by atoms with van der Waals surface area (Å²) in [7, 11) is 0. The minimum atomic E-state index is -0.857. The van der Waals surface area contributed by atoms with Gasteiger partial charge >= 0.3 is 0 Å². The van der Waals surface area contributed by atoms with Crippen molar-refractivity contribution < 1.29 is 14.0 Å². The van der Waals surface area contributed by atoms with Gasteiger partial charge in [0.05, 0.1) is 5.69 Å². The number of nitrogens with zero attached hydrogens (tertiary/aromatic N) is 2. The molecule has 31 heavy (non-hydrogen) atoms. The highest BCUT2D eigenvalue weighted by atomic mass is 19.1. The van der Waals surface area contributed by atoms with Gasteiger partial charge < -0.3 is 10.6 Å². The van der Waals surface area contributed by atoms with E-state index in [-0.39, 0.29) is 17.6 Å². The highest BCUT2D eigenvalue weighted by Crippen LogP contribution is 2.39. The van der Waals surface area contributed by atoms with Crippen molar-refractivity contribution in [1.82, 2.24) is 15.1 Å². The van der Waals surface area contributed by atoms with Crippen molar-refractivity contribution in [3.05, 3.63) is 82.3 Å². The standard InChI is InChI=1S/C24H25FN4O2/c1-4-12-29-22-19(15(3)28-29)20(16-8-10-18(25)11-9-16)21(24(31)27-22)26-23(30)17-7-5-6-14(2)13-17/h5-11,13,20-21H,4,12H2,1-3H3,(H,26,30)(H,27,31)/t20-,21+/m1/s1. The number of carbonyl (C=O) groups excluding carboxylic acids is 2. The first-order chi connectivity index (χ1) is 14.9. The van der Waals surface area contributed by atoms with Gasteiger partial charge in [-0.15, -0.1) is 0 Å². The fraction of sp³-hybridized carbons (Fsp3) is 0.292. The van der Waals surface area contributed by atoms with Crippen LogP contribution >= 0.6 is 0 Å². The maximum absolute atomic E-state index is 13.6. The first kappa shape index (κ1) is 20.8. The average Bonchev–Trinajstić information content (AvgIpc) is 3.04. The molecule has 2 amide bonds. The zero-order valence-corrected chi connectivity index (χ0v) is 17.8. The number of carbonyl (C=O) groups is 2. The number of aromatic nitrogens is 2. The Morgan fingerprint density at radius 2 is 1.94 bits per heavy atom. The zero-order chi connectivity index (χ0) is 22.1. The zero-order valence-electron chi connectivity index (χ0n) is 17.8. The van der Waals surface area contributed by atoms with Crippen LogP contribution in [0.15, 0.2) is 48.5 Å². The number of amides is 2. The molecule has 1 aliphatic heterocycles. The molecule has 6 nitrogen and oxygen atoms in total. The van der Waals surface area contributed by atoms with Crippen LogP contribution in [0.25, 0.3) is 0 Å². The van der Waals surface area contributed by atoms with Crippen LogP contribution < -0.4 is 10.6 Å².